The van der Waals surface area contributed by atoms with Crippen LogP contribution in [0.3, 0.4) is 0 Å². The Morgan fingerprint density at radius 2 is 1.71 bits per heavy atom. The van der Waals surface area contributed by atoms with Crippen molar-refractivity contribution in [3.8, 4) is 0 Å². The highest BCUT2D eigenvalue weighted by molar-refractivity contribution is 5.96. The number of aryl methyl sites for hydroxylation is 1. The number of nitrogens with one attached hydrogen (secondary N) is 2. The molecule has 2 aromatic rings. The average Bonchev–Trinajstić information content (AvgIpc) is 2.66. The Morgan fingerprint density at radius 3 is 2.29 bits per heavy atom. The molecule has 0 aliphatic rings. The molecule has 0 saturated carbocycles. The zero-order valence-electron chi connectivity index (χ0n) is 16.3. The fourth-order valence-corrected chi connectivity index (χ4v) is 2.78. The molecular formula is C21H25F2N3O2. The van der Waals surface area contributed by atoms with E-state index in [0.29, 0.717) is 12.6 Å². The van der Waals surface area contributed by atoms with Gasteiger partial charge in [0.1, 0.15) is 11.6 Å². The van der Waals surface area contributed by atoms with Crippen molar-refractivity contribution in [2.45, 2.75) is 19.4 Å². The molecule has 0 bridgehead atoms. The lowest BCUT2D eigenvalue weighted by Gasteiger charge is -2.25. The van der Waals surface area contributed by atoms with Gasteiger partial charge in [-0.15, -0.1) is 0 Å². The quantitative estimate of drug-likeness (QED) is 0.730. The number of nitrogens with zero attached hydrogens (tertiary/aromatic N) is 1. The van der Waals surface area contributed by atoms with Crippen LogP contribution in [0.25, 0.3) is 0 Å². The molecule has 0 spiro atoms. The van der Waals surface area contributed by atoms with E-state index in [9.17, 15) is 18.4 Å². The van der Waals surface area contributed by atoms with Crippen LogP contribution in [0.2, 0.25) is 0 Å². The fourth-order valence-electron chi connectivity index (χ4n) is 2.78. The molecule has 0 aliphatic heterocycles. The van der Waals surface area contributed by atoms with Gasteiger partial charge >= 0.3 is 0 Å². The lowest BCUT2D eigenvalue weighted by molar-refractivity contribution is -0.120. The maximum absolute atomic E-state index is 13.6. The molecule has 2 amide bonds. The summed E-state index contributed by atoms with van der Waals surface area (Å²) in [6, 6.07) is 10.8. The van der Waals surface area contributed by atoms with Crippen LogP contribution in [0.4, 0.5) is 8.78 Å². The third kappa shape index (κ3) is 5.85. The first kappa shape index (κ1) is 21.5. The van der Waals surface area contributed by atoms with Crippen LogP contribution in [0.5, 0.6) is 0 Å². The summed E-state index contributed by atoms with van der Waals surface area (Å²) in [5.74, 6) is -2.91. The molecule has 5 nitrogen and oxygen atoms in total. The zero-order chi connectivity index (χ0) is 20.7. The summed E-state index contributed by atoms with van der Waals surface area (Å²) in [6.45, 7) is 2.15. The van der Waals surface area contributed by atoms with E-state index in [1.165, 1.54) is 5.56 Å². The number of benzene rings is 2. The van der Waals surface area contributed by atoms with Gasteiger partial charge in [-0.1, -0.05) is 31.2 Å². The van der Waals surface area contributed by atoms with Gasteiger partial charge in [-0.2, -0.15) is 0 Å². The summed E-state index contributed by atoms with van der Waals surface area (Å²) in [7, 11) is 3.84. The van der Waals surface area contributed by atoms with E-state index < -0.39 is 23.4 Å². The molecule has 0 aliphatic carbocycles. The highest BCUT2D eigenvalue weighted by Gasteiger charge is 2.17. The minimum atomic E-state index is -0.971. The monoisotopic (exact) mass is 389 g/mol. The molecule has 7 heteroatoms. The Morgan fingerprint density at radius 1 is 1.04 bits per heavy atom. The molecule has 2 rings (SSSR count). The lowest BCUT2D eigenvalue weighted by Crippen LogP contribution is -2.40. The smallest absolute Gasteiger partial charge is 0.254 e. The summed E-state index contributed by atoms with van der Waals surface area (Å²) in [5.41, 5.74) is 2.00. The van der Waals surface area contributed by atoms with Crippen LogP contribution in [-0.2, 0) is 11.2 Å². The first-order valence-corrected chi connectivity index (χ1v) is 9.07. The van der Waals surface area contributed by atoms with Crippen LogP contribution in [-0.4, -0.2) is 43.9 Å². The lowest BCUT2D eigenvalue weighted by atomic mass is 10.0. The van der Waals surface area contributed by atoms with Gasteiger partial charge in [0.05, 0.1) is 18.2 Å². The number of carbonyl (C=O) groups is 2. The van der Waals surface area contributed by atoms with E-state index >= 15 is 0 Å². The van der Waals surface area contributed by atoms with Gasteiger partial charge in [-0.3, -0.25) is 9.59 Å². The summed E-state index contributed by atoms with van der Waals surface area (Å²) in [5, 5.41) is 5.11. The number of amides is 2. The third-order valence-corrected chi connectivity index (χ3v) is 4.47. The number of hydrogen-bond donors (Lipinski definition) is 2. The highest BCUT2D eigenvalue weighted by Crippen LogP contribution is 2.18. The second-order valence-corrected chi connectivity index (χ2v) is 6.69. The van der Waals surface area contributed by atoms with Gasteiger partial charge < -0.3 is 15.5 Å². The molecule has 1 unspecified atom stereocenters. The molecule has 28 heavy (non-hydrogen) atoms. The fraction of sp³-hybridized carbons (Fsp3) is 0.333. The highest BCUT2D eigenvalue weighted by atomic mass is 19.1. The Balaban J connectivity index is 1.89. The first-order valence-electron chi connectivity index (χ1n) is 9.07. The molecule has 0 aromatic heterocycles. The van der Waals surface area contributed by atoms with Gasteiger partial charge in [0.2, 0.25) is 5.91 Å². The molecule has 1 atom stereocenters. The van der Waals surface area contributed by atoms with E-state index in [0.717, 1.165) is 24.1 Å². The number of likely N-dealkylation sites (N-methyl/N-ethyl adjacent to an activating group) is 1. The van der Waals surface area contributed by atoms with Crippen LogP contribution in [0, 0.1) is 11.6 Å². The predicted molar refractivity (Wildman–Crippen MR) is 104 cm³/mol. The summed E-state index contributed by atoms with van der Waals surface area (Å²) >= 11 is 0. The van der Waals surface area contributed by atoms with Crippen LogP contribution in [0.15, 0.2) is 42.5 Å². The summed E-state index contributed by atoms with van der Waals surface area (Å²) in [4.78, 5) is 26.0. The zero-order valence-corrected chi connectivity index (χ0v) is 16.3. The largest absolute Gasteiger partial charge is 0.353 e. The van der Waals surface area contributed by atoms with Crippen LogP contribution < -0.4 is 10.6 Å². The Bertz CT molecular complexity index is 823. The van der Waals surface area contributed by atoms with Crippen molar-refractivity contribution < 1.29 is 18.4 Å². The van der Waals surface area contributed by atoms with Crippen molar-refractivity contribution >= 4 is 11.8 Å². The molecule has 2 aromatic carbocycles. The van der Waals surface area contributed by atoms with Crippen molar-refractivity contribution in [1.82, 2.24) is 15.5 Å². The Kier molecular flexibility index (Phi) is 7.63. The molecule has 150 valence electrons. The number of halogens is 2. The molecule has 0 heterocycles. The Labute approximate surface area is 163 Å². The SMILES string of the molecule is CCc1ccc(C(CNC(=O)CNC(=O)c2ccc(F)cc2F)N(C)C)cc1. The van der Waals surface area contributed by atoms with Crippen LogP contribution in [0.1, 0.15) is 34.5 Å². The van der Waals surface area contributed by atoms with Gasteiger partial charge in [0.25, 0.3) is 5.91 Å². The predicted octanol–water partition coefficient (Wildman–Crippen LogP) is 2.68. The second-order valence-electron chi connectivity index (χ2n) is 6.69. The Hall–Kier alpha value is -2.80. The number of rotatable bonds is 8. The van der Waals surface area contributed by atoms with Gasteiger partial charge in [-0.05, 0) is 43.8 Å². The minimum absolute atomic E-state index is 0.0277. The number of carbonyl (C=O) groups excluding carboxylic acids is 2. The number of hydrogen-bond acceptors (Lipinski definition) is 3. The van der Waals surface area contributed by atoms with Crippen molar-refractivity contribution in [3.63, 3.8) is 0 Å². The molecule has 0 fully saturated rings. The average molecular weight is 389 g/mol. The summed E-state index contributed by atoms with van der Waals surface area (Å²) < 4.78 is 26.5. The molecule has 0 saturated heterocycles. The maximum atomic E-state index is 13.6. The normalized spacial score (nSPS) is 11.9. The first-order chi connectivity index (χ1) is 13.3. The van der Waals surface area contributed by atoms with E-state index in [1.807, 2.05) is 31.1 Å². The van der Waals surface area contributed by atoms with Crippen molar-refractivity contribution in [2.24, 2.45) is 0 Å². The van der Waals surface area contributed by atoms with Crippen LogP contribution >= 0.6 is 0 Å². The van der Waals surface area contributed by atoms with Crippen molar-refractivity contribution in [3.05, 3.63) is 70.8 Å². The maximum Gasteiger partial charge on any atom is 0.254 e. The third-order valence-electron chi connectivity index (χ3n) is 4.47. The van der Waals surface area contributed by atoms with Gasteiger partial charge in [0.15, 0.2) is 0 Å². The molecule has 2 N–H and O–H groups in total. The van der Waals surface area contributed by atoms with Crippen molar-refractivity contribution in [2.75, 3.05) is 27.2 Å². The van der Waals surface area contributed by atoms with E-state index in [2.05, 4.69) is 29.7 Å². The van der Waals surface area contributed by atoms with E-state index in [1.54, 1.807) is 0 Å². The molecule has 0 radical (unpaired) electrons. The van der Waals surface area contributed by atoms with E-state index in [4.69, 9.17) is 0 Å². The second kappa shape index (κ2) is 9.94. The summed E-state index contributed by atoms with van der Waals surface area (Å²) in [6.07, 6.45) is 0.956. The standard InChI is InChI=1S/C21H25F2N3O2/c1-4-14-5-7-15(8-6-14)19(26(2)3)12-24-20(27)13-25-21(28)17-10-9-16(22)11-18(17)23/h5-11,19H,4,12-13H2,1-3H3,(H,24,27)(H,25,28). The topological polar surface area (TPSA) is 61.4 Å². The molecular weight excluding hydrogens is 364 g/mol. The van der Waals surface area contributed by atoms with Gasteiger partial charge in [0, 0.05) is 12.6 Å². The minimum Gasteiger partial charge on any atom is -0.353 e. The van der Waals surface area contributed by atoms with Crippen molar-refractivity contribution in [1.29, 1.82) is 0 Å². The van der Waals surface area contributed by atoms with Gasteiger partial charge in [-0.25, -0.2) is 8.78 Å². The van der Waals surface area contributed by atoms with E-state index in [-0.39, 0.29) is 18.2 Å².